The van der Waals surface area contributed by atoms with E-state index < -0.39 is 5.97 Å². The van der Waals surface area contributed by atoms with Gasteiger partial charge in [-0.05, 0) is 36.1 Å². The average molecular weight is 312 g/mol. The number of carbonyl (C=O) groups is 1. The van der Waals surface area contributed by atoms with E-state index in [0.717, 1.165) is 17.7 Å². The first kappa shape index (κ1) is 16.4. The summed E-state index contributed by atoms with van der Waals surface area (Å²) < 4.78 is 0. The zero-order chi connectivity index (χ0) is 15.6. The summed E-state index contributed by atoms with van der Waals surface area (Å²) in [5, 5.41) is 8.59. The van der Waals surface area contributed by atoms with Crippen LogP contribution in [0.2, 0.25) is 0 Å². The van der Waals surface area contributed by atoms with Crippen molar-refractivity contribution in [2.45, 2.75) is 29.9 Å². The molecule has 2 aromatic carbocycles. The van der Waals surface area contributed by atoms with Crippen molar-refractivity contribution >= 4 is 23.8 Å². The summed E-state index contributed by atoms with van der Waals surface area (Å²) in [5.41, 5.74) is 2.48. The first-order valence-electron chi connectivity index (χ1n) is 7.39. The molecule has 3 heteroatoms. The monoisotopic (exact) mass is 312 g/mol. The van der Waals surface area contributed by atoms with Crippen LogP contribution in [0.5, 0.6) is 0 Å². The van der Waals surface area contributed by atoms with Crippen LogP contribution in [0.4, 0.5) is 0 Å². The summed E-state index contributed by atoms with van der Waals surface area (Å²) in [4.78, 5) is 11.7. The topological polar surface area (TPSA) is 37.3 Å². The number of aliphatic carboxylic acids is 1. The van der Waals surface area contributed by atoms with Crippen LogP contribution in [0.25, 0.3) is 6.08 Å². The molecule has 0 amide bonds. The maximum atomic E-state index is 10.4. The number of hydrogen-bond acceptors (Lipinski definition) is 2. The van der Waals surface area contributed by atoms with E-state index in [2.05, 4.69) is 54.6 Å². The summed E-state index contributed by atoms with van der Waals surface area (Å²) >= 11 is 1.82. The smallest absolute Gasteiger partial charge is 0.303 e. The van der Waals surface area contributed by atoms with Crippen LogP contribution in [-0.4, -0.2) is 11.1 Å². The Balaban J connectivity index is 1.84. The molecular weight excluding hydrogens is 292 g/mol. The van der Waals surface area contributed by atoms with Crippen LogP contribution in [0.1, 0.15) is 30.4 Å². The molecule has 0 radical (unpaired) electrons. The molecule has 0 saturated carbocycles. The largest absolute Gasteiger partial charge is 0.481 e. The van der Waals surface area contributed by atoms with E-state index in [1.54, 1.807) is 0 Å². The number of unbranched alkanes of at least 4 members (excludes halogenated alkanes) is 1. The Labute approximate surface area is 135 Å². The fraction of sp³-hybridized carbons (Fsp3) is 0.211. The molecule has 0 bridgehead atoms. The SMILES string of the molecule is O=C(O)CCC/C=C/c1cccc(SCc2ccccc2)c1. The normalized spacial score (nSPS) is 10.9. The Morgan fingerprint density at radius 3 is 2.68 bits per heavy atom. The predicted octanol–water partition coefficient (Wildman–Crippen LogP) is 5.25. The zero-order valence-corrected chi connectivity index (χ0v) is 13.3. The van der Waals surface area contributed by atoms with E-state index in [-0.39, 0.29) is 6.42 Å². The molecule has 22 heavy (non-hydrogen) atoms. The van der Waals surface area contributed by atoms with E-state index in [1.807, 2.05) is 23.9 Å². The fourth-order valence-corrected chi connectivity index (χ4v) is 2.96. The van der Waals surface area contributed by atoms with E-state index in [4.69, 9.17) is 5.11 Å². The van der Waals surface area contributed by atoms with Crippen molar-refractivity contribution in [3.63, 3.8) is 0 Å². The van der Waals surface area contributed by atoms with Crippen LogP contribution in [0.15, 0.2) is 65.6 Å². The van der Waals surface area contributed by atoms with Crippen molar-refractivity contribution in [2.75, 3.05) is 0 Å². The number of carboxylic acid groups (broad SMARTS) is 1. The maximum Gasteiger partial charge on any atom is 0.303 e. The number of carboxylic acids is 1. The van der Waals surface area contributed by atoms with Gasteiger partial charge in [-0.3, -0.25) is 4.79 Å². The molecule has 0 fully saturated rings. The van der Waals surface area contributed by atoms with Gasteiger partial charge < -0.3 is 5.11 Å². The summed E-state index contributed by atoms with van der Waals surface area (Å²) in [7, 11) is 0. The third kappa shape index (κ3) is 6.19. The highest BCUT2D eigenvalue weighted by Crippen LogP contribution is 2.24. The van der Waals surface area contributed by atoms with Gasteiger partial charge in [0.15, 0.2) is 0 Å². The Kier molecular flexibility index (Phi) is 6.78. The second kappa shape index (κ2) is 9.11. The molecule has 2 rings (SSSR count). The lowest BCUT2D eigenvalue weighted by Crippen LogP contribution is -1.92. The fourth-order valence-electron chi connectivity index (χ4n) is 2.04. The predicted molar refractivity (Wildman–Crippen MR) is 93.0 cm³/mol. The maximum absolute atomic E-state index is 10.4. The third-order valence-electron chi connectivity index (χ3n) is 3.18. The second-order valence-electron chi connectivity index (χ2n) is 5.04. The number of hydrogen-bond donors (Lipinski definition) is 1. The van der Waals surface area contributed by atoms with E-state index in [0.29, 0.717) is 6.42 Å². The summed E-state index contributed by atoms with van der Waals surface area (Å²) in [5.74, 6) is 0.236. The lowest BCUT2D eigenvalue weighted by Gasteiger charge is -2.03. The van der Waals surface area contributed by atoms with Crippen LogP contribution in [-0.2, 0) is 10.5 Å². The van der Waals surface area contributed by atoms with Crippen molar-refractivity contribution in [2.24, 2.45) is 0 Å². The molecule has 0 spiro atoms. The van der Waals surface area contributed by atoms with Crippen molar-refractivity contribution in [3.8, 4) is 0 Å². The molecule has 0 aliphatic heterocycles. The second-order valence-corrected chi connectivity index (χ2v) is 6.08. The third-order valence-corrected chi connectivity index (χ3v) is 4.24. The van der Waals surface area contributed by atoms with Crippen LogP contribution in [0, 0.1) is 0 Å². The minimum Gasteiger partial charge on any atom is -0.481 e. The van der Waals surface area contributed by atoms with Gasteiger partial charge in [0.1, 0.15) is 0 Å². The molecule has 0 aliphatic rings. The number of rotatable bonds is 8. The van der Waals surface area contributed by atoms with E-state index in [9.17, 15) is 4.79 Å². The minimum atomic E-state index is -0.729. The van der Waals surface area contributed by atoms with Crippen molar-refractivity contribution in [3.05, 3.63) is 71.8 Å². The Morgan fingerprint density at radius 1 is 1.09 bits per heavy atom. The van der Waals surface area contributed by atoms with Gasteiger partial charge in [-0.1, -0.05) is 54.6 Å². The number of allylic oxidation sites excluding steroid dienone is 1. The highest BCUT2D eigenvalue weighted by Gasteiger charge is 1.97. The van der Waals surface area contributed by atoms with Gasteiger partial charge in [0.25, 0.3) is 0 Å². The van der Waals surface area contributed by atoms with Gasteiger partial charge in [0.05, 0.1) is 0 Å². The van der Waals surface area contributed by atoms with Crippen LogP contribution >= 0.6 is 11.8 Å². The lowest BCUT2D eigenvalue weighted by atomic mass is 10.1. The molecule has 0 atom stereocenters. The van der Waals surface area contributed by atoms with Crippen LogP contribution < -0.4 is 0 Å². The Bertz CT molecular complexity index is 620. The highest BCUT2D eigenvalue weighted by atomic mass is 32.2. The molecule has 0 aromatic heterocycles. The molecule has 0 unspecified atom stereocenters. The Morgan fingerprint density at radius 2 is 1.91 bits per heavy atom. The minimum absolute atomic E-state index is 0.233. The van der Waals surface area contributed by atoms with Gasteiger partial charge in [-0.2, -0.15) is 0 Å². The van der Waals surface area contributed by atoms with Gasteiger partial charge in [-0.25, -0.2) is 0 Å². The van der Waals surface area contributed by atoms with Crippen LogP contribution in [0.3, 0.4) is 0 Å². The molecule has 0 saturated heterocycles. The van der Waals surface area contributed by atoms with Gasteiger partial charge >= 0.3 is 5.97 Å². The van der Waals surface area contributed by atoms with E-state index in [1.165, 1.54) is 10.5 Å². The molecule has 114 valence electrons. The Hall–Kier alpha value is -2.00. The van der Waals surface area contributed by atoms with Gasteiger partial charge in [-0.15, -0.1) is 11.8 Å². The van der Waals surface area contributed by atoms with Gasteiger partial charge in [0, 0.05) is 17.1 Å². The van der Waals surface area contributed by atoms with Crippen molar-refractivity contribution in [1.29, 1.82) is 0 Å². The zero-order valence-electron chi connectivity index (χ0n) is 12.4. The summed E-state index contributed by atoms with van der Waals surface area (Å²) in [6.45, 7) is 0. The number of thioether (sulfide) groups is 1. The average Bonchev–Trinajstić information content (AvgIpc) is 2.54. The first-order valence-corrected chi connectivity index (χ1v) is 8.38. The molecule has 0 heterocycles. The standard InChI is InChI=1S/C19H20O2S/c20-19(21)13-6-2-3-8-16-11-7-12-18(14-16)22-15-17-9-4-1-5-10-17/h1,3-5,7-12,14H,2,6,13,15H2,(H,20,21)/b8-3+. The van der Waals surface area contributed by atoms with Gasteiger partial charge in [0.2, 0.25) is 0 Å². The summed E-state index contributed by atoms with van der Waals surface area (Å²) in [6, 6.07) is 18.8. The van der Waals surface area contributed by atoms with Crippen molar-refractivity contribution < 1.29 is 9.90 Å². The lowest BCUT2D eigenvalue weighted by molar-refractivity contribution is -0.137. The molecule has 1 N–H and O–H groups in total. The molecule has 2 nitrogen and oxygen atoms in total. The molecule has 2 aromatic rings. The molecular formula is C19H20O2S. The first-order chi connectivity index (χ1) is 10.7. The van der Waals surface area contributed by atoms with E-state index >= 15 is 0 Å². The molecule has 0 aliphatic carbocycles. The highest BCUT2D eigenvalue weighted by molar-refractivity contribution is 7.98. The summed E-state index contributed by atoms with van der Waals surface area (Å²) in [6.07, 6.45) is 5.83. The number of benzene rings is 2. The quantitative estimate of drug-likeness (QED) is 0.534. The van der Waals surface area contributed by atoms with Crippen molar-refractivity contribution in [1.82, 2.24) is 0 Å².